The highest BCUT2D eigenvalue weighted by Gasteiger charge is 2.34. The minimum Gasteiger partial charge on any atom is -0.404 e. The van der Waals surface area contributed by atoms with Crippen LogP contribution in [0.2, 0.25) is 0 Å². The number of nitrogens with zero attached hydrogens (tertiary/aromatic N) is 4. The van der Waals surface area contributed by atoms with E-state index in [0.717, 1.165) is 63.5 Å². The average Bonchev–Trinajstić information content (AvgIpc) is 2.96. The Bertz CT molecular complexity index is 1230. The van der Waals surface area contributed by atoms with Gasteiger partial charge in [0.1, 0.15) is 5.82 Å². The van der Waals surface area contributed by atoms with Crippen molar-refractivity contribution >= 4 is 23.5 Å². The van der Waals surface area contributed by atoms with Crippen LogP contribution in [0.3, 0.4) is 0 Å². The van der Waals surface area contributed by atoms with Gasteiger partial charge in [-0.1, -0.05) is 24.6 Å². The van der Waals surface area contributed by atoms with Crippen molar-refractivity contribution in [2.45, 2.75) is 38.9 Å². The van der Waals surface area contributed by atoms with Gasteiger partial charge in [0.15, 0.2) is 0 Å². The number of likely N-dealkylation sites (tertiary alicyclic amines) is 1. The molecule has 0 unspecified atom stereocenters. The van der Waals surface area contributed by atoms with Crippen molar-refractivity contribution in [3.8, 4) is 0 Å². The zero-order valence-corrected chi connectivity index (χ0v) is 23.7. The van der Waals surface area contributed by atoms with E-state index in [9.17, 15) is 18.0 Å². The number of anilines is 1. The summed E-state index contributed by atoms with van der Waals surface area (Å²) < 4.78 is 44.2. The van der Waals surface area contributed by atoms with Gasteiger partial charge in [0.2, 0.25) is 0 Å². The Kier molecular flexibility index (Phi) is 10.4. The highest BCUT2D eigenvalue weighted by Crippen LogP contribution is 2.30. The van der Waals surface area contributed by atoms with Crippen LogP contribution in [-0.2, 0) is 10.9 Å². The van der Waals surface area contributed by atoms with Gasteiger partial charge in [0, 0.05) is 62.5 Å². The van der Waals surface area contributed by atoms with E-state index in [-0.39, 0.29) is 17.9 Å². The molecule has 1 amide bonds. The summed E-state index contributed by atoms with van der Waals surface area (Å²) in [7, 11) is 0. The van der Waals surface area contributed by atoms with Gasteiger partial charge in [-0.3, -0.25) is 14.7 Å². The zero-order valence-electron chi connectivity index (χ0n) is 23.7. The van der Waals surface area contributed by atoms with Gasteiger partial charge in [0.05, 0.1) is 31.4 Å². The molecular weight excluding hydrogens is 533 g/mol. The number of alkyl halides is 3. The summed E-state index contributed by atoms with van der Waals surface area (Å²) in [6.45, 7) is 9.68. The quantitative estimate of drug-likeness (QED) is 0.431. The highest BCUT2D eigenvalue weighted by molar-refractivity contribution is 6.14. The first kappa shape index (κ1) is 30.5. The van der Waals surface area contributed by atoms with Gasteiger partial charge < -0.3 is 20.7 Å². The number of morpholine rings is 1. The number of nitrogens with two attached hydrogens (primary N) is 1. The number of benzene rings is 1. The Balaban J connectivity index is 1.49. The normalized spacial score (nSPS) is 20.9. The SMILES string of the molecule is Cc1ccc(/C(C=NCCN2CCOCC2)=C/N)c(C(=O)N2CCC[C@@H](C)[C@H]2CNc2ccc(C(F)(F)F)cn2)c1. The molecule has 0 spiro atoms. The number of carbonyl (C=O) groups is 1. The number of carbonyl (C=O) groups excluding carboxylic acids is 1. The molecule has 2 atom stereocenters. The van der Waals surface area contributed by atoms with E-state index in [1.807, 2.05) is 30.0 Å². The molecule has 2 aromatic rings. The lowest BCUT2D eigenvalue weighted by Gasteiger charge is -2.40. The number of halogens is 3. The third-order valence-electron chi connectivity index (χ3n) is 7.74. The predicted octanol–water partition coefficient (Wildman–Crippen LogP) is 4.46. The molecule has 3 N–H and O–H groups in total. The lowest BCUT2D eigenvalue weighted by molar-refractivity contribution is -0.137. The second-order valence-electron chi connectivity index (χ2n) is 10.7. The number of aryl methyl sites for hydroxylation is 1. The zero-order chi connectivity index (χ0) is 29.4. The van der Waals surface area contributed by atoms with Gasteiger partial charge in [-0.15, -0.1) is 0 Å². The molecule has 41 heavy (non-hydrogen) atoms. The van der Waals surface area contributed by atoms with Gasteiger partial charge in [0.25, 0.3) is 5.91 Å². The Hall–Kier alpha value is -3.44. The number of allylic oxidation sites excluding steroid dienone is 1. The molecule has 3 heterocycles. The fourth-order valence-corrected chi connectivity index (χ4v) is 5.32. The van der Waals surface area contributed by atoms with Crippen molar-refractivity contribution in [2.75, 3.05) is 57.8 Å². The third kappa shape index (κ3) is 8.07. The largest absolute Gasteiger partial charge is 0.417 e. The smallest absolute Gasteiger partial charge is 0.404 e. The molecule has 1 aromatic carbocycles. The minimum absolute atomic E-state index is 0.108. The lowest BCUT2D eigenvalue weighted by atomic mass is 9.89. The van der Waals surface area contributed by atoms with Crippen LogP contribution in [0.1, 0.15) is 46.8 Å². The summed E-state index contributed by atoms with van der Waals surface area (Å²) in [5.74, 6) is 0.415. The number of rotatable bonds is 9. The van der Waals surface area contributed by atoms with Crippen LogP contribution in [0.25, 0.3) is 5.57 Å². The molecule has 2 fully saturated rings. The van der Waals surface area contributed by atoms with E-state index in [1.54, 1.807) is 6.21 Å². The second kappa shape index (κ2) is 14.0. The molecule has 11 heteroatoms. The van der Waals surface area contributed by atoms with Crippen molar-refractivity contribution in [3.63, 3.8) is 0 Å². The number of ether oxygens (including phenoxy) is 1. The number of hydrogen-bond donors (Lipinski definition) is 2. The van der Waals surface area contributed by atoms with Crippen LogP contribution in [0.15, 0.2) is 47.7 Å². The maximum atomic E-state index is 14.1. The number of aromatic nitrogens is 1. The number of piperidine rings is 1. The molecular formula is C30H39F3N6O2. The van der Waals surface area contributed by atoms with Crippen molar-refractivity contribution in [1.29, 1.82) is 0 Å². The molecule has 0 bridgehead atoms. The molecule has 4 rings (SSSR count). The summed E-state index contributed by atoms with van der Waals surface area (Å²) in [5.41, 5.74) is 8.11. The van der Waals surface area contributed by atoms with Crippen LogP contribution in [0.5, 0.6) is 0 Å². The van der Waals surface area contributed by atoms with Crippen molar-refractivity contribution in [3.05, 3.63) is 65.0 Å². The van der Waals surface area contributed by atoms with E-state index in [0.29, 0.717) is 42.2 Å². The van der Waals surface area contributed by atoms with Gasteiger partial charge in [-0.25, -0.2) is 4.98 Å². The summed E-state index contributed by atoms with van der Waals surface area (Å²) in [4.78, 5) is 26.8. The molecule has 222 valence electrons. The first-order valence-corrected chi connectivity index (χ1v) is 14.1. The van der Waals surface area contributed by atoms with E-state index in [2.05, 4.69) is 27.1 Å². The van der Waals surface area contributed by atoms with Crippen molar-refractivity contribution < 1.29 is 22.7 Å². The van der Waals surface area contributed by atoms with Crippen molar-refractivity contribution in [2.24, 2.45) is 16.6 Å². The van der Waals surface area contributed by atoms with E-state index in [4.69, 9.17) is 10.5 Å². The summed E-state index contributed by atoms with van der Waals surface area (Å²) in [5, 5.41) is 3.14. The number of aliphatic imine (C=N–C) groups is 1. The first-order valence-electron chi connectivity index (χ1n) is 14.1. The molecule has 8 nitrogen and oxygen atoms in total. The number of nitrogens with one attached hydrogen (secondary N) is 1. The Morgan fingerprint density at radius 3 is 2.66 bits per heavy atom. The van der Waals surface area contributed by atoms with Gasteiger partial charge in [-0.2, -0.15) is 13.2 Å². The molecule has 0 saturated carbocycles. The average molecular weight is 573 g/mol. The maximum absolute atomic E-state index is 14.1. The standard InChI is InChI=1S/C30H39F3N6O2/c1-21-5-7-25(23(17-34)18-35-9-11-38-12-14-41-15-13-38)26(16-21)29(40)39-10-3-4-22(2)27(39)20-37-28-8-6-24(19-36-28)30(31,32)33/h5-8,16-19,22,27H,3-4,9-15,20,34H2,1-2H3,(H,36,37)/b23-17+,35-18?/t22-,27-/m1/s1. The fourth-order valence-electron chi connectivity index (χ4n) is 5.32. The van der Waals surface area contributed by atoms with Crippen LogP contribution in [0, 0.1) is 12.8 Å². The minimum atomic E-state index is -4.44. The number of hydrogen-bond acceptors (Lipinski definition) is 7. The highest BCUT2D eigenvalue weighted by atomic mass is 19.4. The van der Waals surface area contributed by atoms with Crippen LogP contribution in [-0.4, -0.2) is 85.4 Å². The second-order valence-corrected chi connectivity index (χ2v) is 10.7. The maximum Gasteiger partial charge on any atom is 0.417 e. The summed E-state index contributed by atoms with van der Waals surface area (Å²) >= 11 is 0. The predicted molar refractivity (Wildman–Crippen MR) is 155 cm³/mol. The molecule has 0 aliphatic carbocycles. The molecule has 1 aromatic heterocycles. The van der Waals surface area contributed by atoms with Crippen molar-refractivity contribution in [1.82, 2.24) is 14.8 Å². The Morgan fingerprint density at radius 2 is 1.98 bits per heavy atom. The van der Waals surface area contributed by atoms with Gasteiger partial charge in [-0.05, 0) is 49.4 Å². The monoisotopic (exact) mass is 572 g/mol. The first-order chi connectivity index (χ1) is 19.7. The Morgan fingerprint density at radius 1 is 1.20 bits per heavy atom. The van der Waals surface area contributed by atoms with Crippen LogP contribution in [0.4, 0.5) is 19.0 Å². The third-order valence-corrected chi connectivity index (χ3v) is 7.74. The molecule has 2 aliphatic rings. The number of amides is 1. The van der Waals surface area contributed by atoms with E-state index >= 15 is 0 Å². The van der Waals surface area contributed by atoms with Crippen LogP contribution >= 0.6 is 0 Å². The molecule has 2 aliphatic heterocycles. The summed E-state index contributed by atoms with van der Waals surface area (Å²) in [6, 6.07) is 7.89. The van der Waals surface area contributed by atoms with E-state index < -0.39 is 11.7 Å². The lowest BCUT2D eigenvalue weighted by Crippen LogP contribution is -2.51. The molecule has 2 saturated heterocycles. The van der Waals surface area contributed by atoms with Gasteiger partial charge >= 0.3 is 6.18 Å². The Labute approximate surface area is 239 Å². The van der Waals surface area contributed by atoms with Crippen LogP contribution < -0.4 is 11.1 Å². The molecule has 0 radical (unpaired) electrons. The topological polar surface area (TPSA) is 96.1 Å². The summed E-state index contributed by atoms with van der Waals surface area (Å²) in [6.07, 6.45) is 1.40. The number of pyridine rings is 1. The van der Waals surface area contributed by atoms with E-state index in [1.165, 1.54) is 12.3 Å². The fraction of sp³-hybridized carbons (Fsp3) is 0.500.